The number of hydrogen-bond donors (Lipinski definition) is 1. The molecule has 2 N–H and O–H groups in total. The lowest BCUT2D eigenvalue weighted by Gasteiger charge is -2.52. The highest BCUT2D eigenvalue weighted by atomic mass is 35.5. The Kier molecular flexibility index (Phi) is 2.83. The van der Waals surface area contributed by atoms with Gasteiger partial charge in [-0.15, -0.1) is 0 Å². The quantitative estimate of drug-likeness (QED) is 0.835. The molecular weight excluding hydrogens is 246 g/mol. The minimum absolute atomic E-state index is 0.00478. The molecule has 0 amide bonds. The molecule has 3 heteroatoms. The fraction of sp³-hybridized carbons (Fsp3) is 0.600. The highest BCUT2D eigenvalue weighted by molar-refractivity contribution is 6.30. The Balaban J connectivity index is 1.83. The van der Waals surface area contributed by atoms with E-state index < -0.39 is 0 Å². The molecule has 1 aliphatic carbocycles. The largest absolute Gasteiger partial charge is 0.487 e. The van der Waals surface area contributed by atoms with E-state index in [9.17, 15) is 0 Å². The highest BCUT2D eigenvalue weighted by Crippen LogP contribution is 2.52. The van der Waals surface area contributed by atoms with Crippen molar-refractivity contribution in [3.8, 4) is 5.75 Å². The van der Waals surface area contributed by atoms with Gasteiger partial charge in [-0.2, -0.15) is 0 Å². The lowest BCUT2D eigenvalue weighted by Crippen LogP contribution is -2.53. The maximum atomic E-state index is 6.28. The SMILES string of the molecule is CC(C)C1CC2(CC(N)c3cc(Cl)ccc3O2)C1. The molecule has 18 heavy (non-hydrogen) atoms. The first kappa shape index (κ1) is 12.3. The standard InChI is InChI=1S/C15H20ClNO/c1-9(2)10-6-15(7-10)8-13(17)12-5-11(16)3-4-14(12)18-15/h3-5,9-10,13H,6-8,17H2,1-2H3. The molecule has 0 radical (unpaired) electrons. The maximum Gasteiger partial charge on any atom is 0.125 e. The van der Waals surface area contributed by atoms with Gasteiger partial charge < -0.3 is 10.5 Å². The van der Waals surface area contributed by atoms with E-state index in [0.717, 1.165) is 47.4 Å². The van der Waals surface area contributed by atoms with Crippen LogP contribution < -0.4 is 10.5 Å². The molecule has 1 aromatic rings. The molecular formula is C15H20ClNO. The summed E-state index contributed by atoms with van der Waals surface area (Å²) in [5.74, 6) is 2.45. The van der Waals surface area contributed by atoms with Crippen molar-refractivity contribution in [3.63, 3.8) is 0 Å². The third-order valence-electron chi connectivity index (χ3n) is 4.50. The first-order valence-electron chi connectivity index (χ1n) is 6.73. The molecule has 1 heterocycles. The smallest absolute Gasteiger partial charge is 0.125 e. The first-order chi connectivity index (χ1) is 8.49. The summed E-state index contributed by atoms with van der Waals surface area (Å²) in [6, 6.07) is 5.83. The van der Waals surface area contributed by atoms with Crippen molar-refractivity contribution in [2.24, 2.45) is 17.6 Å². The van der Waals surface area contributed by atoms with Crippen LogP contribution in [-0.4, -0.2) is 5.60 Å². The molecule has 3 rings (SSSR count). The minimum Gasteiger partial charge on any atom is -0.487 e. The predicted molar refractivity (Wildman–Crippen MR) is 73.9 cm³/mol. The van der Waals surface area contributed by atoms with Crippen LogP contribution in [0.4, 0.5) is 0 Å². The van der Waals surface area contributed by atoms with E-state index in [1.807, 2.05) is 18.2 Å². The van der Waals surface area contributed by atoms with Gasteiger partial charge in [0.15, 0.2) is 0 Å². The van der Waals surface area contributed by atoms with Gasteiger partial charge in [0.25, 0.3) is 0 Å². The van der Waals surface area contributed by atoms with Crippen molar-refractivity contribution >= 4 is 11.6 Å². The second-order valence-corrected chi connectivity index (χ2v) is 6.63. The van der Waals surface area contributed by atoms with Gasteiger partial charge in [-0.3, -0.25) is 0 Å². The summed E-state index contributed by atoms with van der Waals surface area (Å²) < 4.78 is 6.22. The van der Waals surface area contributed by atoms with E-state index in [0.29, 0.717) is 0 Å². The van der Waals surface area contributed by atoms with E-state index in [1.165, 1.54) is 0 Å². The average molecular weight is 266 g/mol. The molecule has 1 aromatic carbocycles. The third-order valence-corrected chi connectivity index (χ3v) is 4.74. The number of fused-ring (bicyclic) bond motifs is 1. The molecule has 98 valence electrons. The fourth-order valence-electron chi connectivity index (χ4n) is 3.30. The summed E-state index contributed by atoms with van der Waals surface area (Å²) >= 11 is 6.01. The number of benzene rings is 1. The first-order valence-corrected chi connectivity index (χ1v) is 7.11. The number of halogens is 1. The Morgan fingerprint density at radius 2 is 2.06 bits per heavy atom. The Labute approximate surface area is 113 Å². The lowest BCUT2D eigenvalue weighted by molar-refractivity contribution is -0.0845. The van der Waals surface area contributed by atoms with Gasteiger partial charge in [0.2, 0.25) is 0 Å². The molecule has 0 aromatic heterocycles. The van der Waals surface area contributed by atoms with Crippen molar-refractivity contribution < 1.29 is 4.74 Å². The molecule has 1 unspecified atom stereocenters. The monoisotopic (exact) mass is 265 g/mol. The minimum atomic E-state index is -0.00478. The molecule has 1 atom stereocenters. The van der Waals surface area contributed by atoms with Gasteiger partial charge in [0.1, 0.15) is 11.4 Å². The Bertz CT molecular complexity index is 466. The van der Waals surface area contributed by atoms with Crippen LogP contribution in [0.5, 0.6) is 5.75 Å². The van der Waals surface area contributed by atoms with Crippen molar-refractivity contribution in [2.45, 2.75) is 44.8 Å². The number of rotatable bonds is 1. The van der Waals surface area contributed by atoms with E-state index in [2.05, 4.69) is 13.8 Å². The van der Waals surface area contributed by atoms with Crippen LogP contribution in [0.15, 0.2) is 18.2 Å². The molecule has 1 spiro atoms. The number of nitrogens with two attached hydrogens (primary N) is 1. The van der Waals surface area contributed by atoms with Crippen LogP contribution >= 0.6 is 11.6 Å². The highest BCUT2D eigenvalue weighted by Gasteiger charge is 2.50. The maximum absolute atomic E-state index is 6.28. The zero-order chi connectivity index (χ0) is 12.9. The normalized spacial score (nSPS) is 34.1. The topological polar surface area (TPSA) is 35.2 Å². The van der Waals surface area contributed by atoms with Crippen molar-refractivity contribution in [2.75, 3.05) is 0 Å². The van der Waals surface area contributed by atoms with E-state index in [1.54, 1.807) is 0 Å². The average Bonchev–Trinajstić information content (AvgIpc) is 2.26. The van der Waals surface area contributed by atoms with Gasteiger partial charge in [-0.05, 0) is 42.9 Å². The Morgan fingerprint density at radius 1 is 1.33 bits per heavy atom. The van der Waals surface area contributed by atoms with Crippen molar-refractivity contribution in [1.29, 1.82) is 0 Å². The van der Waals surface area contributed by atoms with Crippen LogP contribution in [0.25, 0.3) is 0 Å². The van der Waals surface area contributed by atoms with Crippen molar-refractivity contribution in [1.82, 2.24) is 0 Å². The van der Waals surface area contributed by atoms with Gasteiger partial charge in [-0.1, -0.05) is 25.4 Å². The fourth-order valence-corrected chi connectivity index (χ4v) is 3.49. The number of hydrogen-bond acceptors (Lipinski definition) is 2. The predicted octanol–water partition coefficient (Wildman–Crippen LogP) is 3.93. The van der Waals surface area contributed by atoms with Gasteiger partial charge in [0, 0.05) is 23.0 Å². The second-order valence-electron chi connectivity index (χ2n) is 6.19. The molecule has 1 saturated carbocycles. The number of ether oxygens (including phenoxy) is 1. The summed E-state index contributed by atoms with van der Waals surface area (Å²) in [5.41, 5.74) is 7.34. The summed E-state index contributed by atoms with van der Waals surface area (Å²) in [6.07, 6.45) is 3.20. The molecule has 2 nitrogen and oxygen atoms in total. The molecule has 1 fully saturated rings. The van der Waals surface area contributed by atoms with Gasteiger partial charge in [-0.25, -0.2) is 0 Å². The van der Waals surface area contributed by atoms with Crippen LogP contribution in [0.2, 0.25) is 5.02 Å². The van der Waals surface area contributed by atoms with E-state index >= 15 is 0 Å². The van der Waals surface area contributed by atoms with Crippen LogP contribution in [0, 0.1) is 11.8 Å². The Hall–Kier alpha value is -0.730. The summed E-state index contributed by atoms with van der Waals surface area (Å²) in [6.45, 7) is 4.57. The van der Waals surface area contributed by atoms with E-state index in [-0.39, 0.29) is 11.6 Å². The van der Waals surface area contributed by atoms with E-state index in [4.69, 9.17) is 22.1 Å². The summed E-state index contributed by atoms with van der Waals surface area (Å²) in [5, 5.41) is 0.734. The molecule has 0 saturated heterocycles. The van der Waals surface area contributed by atoms with Crippen molar-refractivity contribution in [3.05, 3.63) is 28.8 Å². The lowest BCUT2D eigenvalue weighted by atomic mass is 9.62. The Morgan fingerprint density at radius 3 is 2.72 bits per heavy atom. The van der Waals surface area contributed by atoms with Gasteiger partial charge >= 0.3 is 0 Å². The molecule has 1 aliphatic heterocycles. The summed E-state index contributed by atoms with van der Waals surface area (Å²) in [4.78, 5) is 0. The molecule has 0 bridgehead atoms. The summed E-state index contributed by atoms with van der Waals surface area (Å²) in [7, 11) is 0. The second kappa shape index (κ2) is 4.14. The van der Waals surface area contributed by atoms with Crippen LogP contribution in [0.1, 0.15) is 44.7 Å². The zero-order valence-electron chi connectivity index (χ0n) is 10.9. The van der Waals surface area contributed by atoms with Crippen LogP contribution in [-0.2, 0) is 0 Å². The zero-order valence-corrected chi connectivity index (χ0v) is 11.7. The third kappa shape index (κ3) is 1.92. The van der Waals surface area contributed by atoms with Gasteiger partial charge in [0.05, 0.1) is 0 Å². The van der Waals surface area contributed by atoms with Crippen LogP contribution in [0.3, 0.4) is 0 Å². The molecule has 2 aliphatic rings.